The number of nitrogens with one attached hydrogen (secondary N) is 1. The lowest BCUT2D eigenvalue weighted by Crippen LogP contribution is -2.38. The molecular formula is C34H33N7O3. The average molecular weight is 588 g/mol. The number of rotatable bonds is 8. The second-order valence-corrected chi connectivity index (χ2v) is 10.8. The second-order valence-electron chi connectivity index (χ2n) is 10.8. The molecule has 1 aliphatic heterocycles. The molecule has 0 radical (unpaired) electrons. The molecule has 10 nitrogen and oxygen atoms in total. The van der Waals surface area contributed by atoms with Crippen molar-refractivity contribution in [2.24, 2.45) is 12.8 Å². The Bertz CT molecular complexity index is 1780. The highest BCUT2D eigenvalue weighted by atomic mass is 16.5. The number of pyridine rings is 1. The standard InChI is InChI=1S/C34H33N7O3/c1-40-20-27(19-38-40)26-16-31(32(36)37-18-26)33(42)39-28-14-15-41(21-28)34(43)25-6-4-23(5-7-25)24-8-12-30(13-9-24)44-29-10-2-22(17-35)3-11-29/h2-13,16,18-20,28H,14-15,17,21,35H2,1H3,(H2,36,37)(H,39,42)/t28-/m1/s1. The van der Waals surface area contributed by atoms with Crippen molar-refractivity contribution in [2.75, 3.05) is 18.8 Å². The predicted octanol–water partition coefficient (Wildman–Crippen LogP) is 4.63. The lowest BCUT2D eigenvalue weighted by atomic mass is 10.0. The van der Waals surface area contributed by atoms with Gasteiger partial charge in [0.1, 0.15) is 17.3 Å². The first-order valence-corrected chi connectivity index (χ1v) is 14.4. The van der Waals surface area contributed by atoms with Crippen molar-refractivity contribution in [1.29, 1.82) is 0 Å². The van der Waals surface area contributed by atoms with Crippen LogP contribution in [0.4, 0.5) is 5.82 Å². The molecule has 0 aliphatic carbocycles. The van der Waals surface area contributed by atoms with Gasteiger partial charge in [0.2, 0.25) is 0 Å². The van der Waals surface area contributed by atoms with E-state index in [0.29, 0.717) is 37.2 Å². The molecule has 6 rings (SSSR count). The number of likely N-dealkylation sites (tertiary alicyclic amines) is 1. The number of carbonyl (C=O) groups is 2. The summed E-state index contributed by atoms with van der Waals surface area (Å²) in [6.45, 7) is 1.46. The van der Waals surface area contributed by atoms with Gasteiger partial charge in [0.05, 0.1) is 11.8 Å². The first-order valence-electron chi connectivity index (χ1n) is 14.4. The lowest BCUT2D eigenvalue weighted by Gasteiger charge is -2.18. The highest BCUT2D eigenvalue weighted by Crippen LogP contribution is 2.27. The third-order valence-electron chi connectivity index (χ3n) is 7.73. The van der Waals surface area contributed by atoms with Gasteiger partial charge in [0.15, 0.2) is 0 Å². The number of aromatic nitrogens is 3. The summed E-state index contributed by atoms with van der Waals surface area (Å²) in [5.74, 6) is 1.25. The molecule has 5 N–H and O–H groups in total. The molecule has 5 aromatic rings. The van der Waals surface area contributed by atoms with Crippen LogP contribution in [0.25, 0.3) is 22.3 Å². The topological polar surface area (TPSA) is 141 Å². The molecule has 3 heterocycles. The molecule has 1 saturated heterocycles. The van der Waals surface area contributed by atoms with E-state index in [2.05, 4.69) is 15.4 Å². The van der Waals surface area contributed by atoms with Crippen LogP contribution in [-0.4, -0.2) is 50.6 Å². The summed E-state index contributed by atoms with van der Waals surface area (Å²) in [5, 5.41) is 7.20. The fraction of sp³-hybridized carbons (Fsp3) is 0.176. The molecule has 0 saturated carbocycles. The minimum atomic E-state index is -0.315. The molecule has 0 bridgehead atoms. The first-order chi connectivity index (χ1) is 21.4. The Labute approximate surface area is 255 Å². The molecule has 3 aromatic carbocycles. The Morgan fingerprint density at radius 1 is 0.909 bits per heavy atom. The van der Waals surface area contributed by atoms with Crippen molar-refractivity contribution in [3.63, 3.8) is 0 Å². The van der Waals surface area contributed by atoms with Crippen LogP contribution in [0.5, 0.6) is 11.5 Å². The number of benzene rings is 3. The van der Waals surface area contributed by atoms with Gasteiger partial charge in [0, 0.05) is 61.8 Å². The van der Waals surface area contributed by atoms with Crippen molar-refractivity contribution in [3.8, 4) is 33.8 Å². The van der Waals surface area contributed by atoms with Gasteiger partial charge in [-0.3, -0.25) is 14.3 Å². The van der Waals surface area contributed by atoms with Crippen LogP contribution >= 0.6 is 0 Å². The maximum atomic E-state index is 13.3. The summed E-state index contributed by atoms with van der Waals surface area (Å²) in [6, 6.07) is 24.6. The summed E-state index contributed by atoms with van der Waals surface area (Å²) in [5.41, 5.74) is 17.2. The number of hydrogen-bond acceptors (Lipinski definition) is 7. The summed E-state index contributed by atoms with van der Waals surface area (Å²) in [4.78, 5) is 32.3. The van der Waals surface area contributed by atoms with Gasteiger partial charge in [-0.15, -0.1) is 0 Å². The largest absolute Gasteiger partial charge is 0.457 e. The molecule has 44 heavy (non-hydrogen) atoms. The molecule has 10 heteroatoms. The van der Waals surface area contributed by atoms with E-state index in [1.54, 1.807) is 28.0 Å². The Balaban J connectivity index is 1.05. The van der Waals surface area contributed by atoms with E-state index in [0.717, 1.165) is 39.3 Å². The number of aryl methyl sites for hydroxylation is 1. The highest BCUT2D eigenvalue weighted by molar-refractivity contribution is 6.00. The first kappa shape index (κ1) is 28.6. The molecule has 2 aromatic heterocycles. The van der Waals surface area contributed by atoms with Crippen LogP contribution in [0.3, 0.4) is 0 Å². The zero-order valence-corrected chi connectivity index (χ0v) is 24.3. The van der Waals surface area contributed by atoms with Crippen LogP contribution in [0.15, 0.2) is 97.5 Å². The number of nitrogens with zero attached hydrogens (tertiary/aromatic N) is 4. The molecule has 0 unspecified atom stereocenters. The van der Waals surface area contributed by atoms with Gasteiger partial charge >= 0.3 is 0 Å². The number of hydrogen-bond donors (Lipinski definition) is 3. The molecular weight excluding hydrogens is 554 g/mol. The van der Waals surface area contributed by atoms with Gasteiger partial charge in [-0.1, -0.05) is 36.4 Å². The van der Waals surface area contributed by atoms with Gasteiger partial charge in [-0.05, 0) is 65.6 Å². The number of nitrogen functional groups attached to an aromatic ring is 1. The van der Waals surface area contributed by atoms with Gasteiger partial charge in [0.25, 0.3) is 11.8 Å². The number of amides is 2. The van der Waals surface area contributed by atoms with Crippen molar-refractivity contribution in [2.45, 2.75) is 19.0 Å². The molecule has 2 amide bonds. The zero-order chi connectivity index (χ0) is 30.6. The number of carbonyl (C=O) groups excluding carboxylic acids is 2. The summed E-state index contributed by atoms with van der Waals surface area (Å²) in [7, 11) is 1.82. The molecule has 0 spiro atoms. The minimum absolute atomic E-state index is 0.0718. The van der Waals surface area contributed by atoms with E-state index < -0.39 is 0 Å². The fourth-order valence-corrected chi connectivity index (χ4v) is 5.24. The van der Waals surface area contributed by atoms with Crippen LogP contribution in [0, 0.1) is 0 Å². The van der Waals surface area contributed by atoms with E-state index in [1.165, 1.54) is 0 Å². The summed E-state index contributed by atoms with van der Waals surface area (Å²) in [6.07, 6.45) is 5.82. The zero-order valence-electron chi connectivity index (χ0n) is 24.3. The Kier molecular flexibility index (Phi) is 8.07. The molecule has 1 fully saturated rings. The lowest BCUT2D eigenvalue weighted by molar-refractivity contribution is 0.0783. The molecule has 1 aliphatic rings. The van der Waals surface area contributed by atoms with Crippen LogP contribution < -0.4 is 21.5 Å². The van der Waals surface area contributed by atoms with Crippen molar-refractivity contribution < 1.29 is 14.3 Å². The number of ether oxygens (including phenoxy) is 1. The van der Waals surface area contributed by atoms with E-state index in [-0.39, 0.29) is 23.7 Å². The number of nitrogens with two attached hydrogens (primary N) is 2. The highest BCUT2D eigenvalue weighted by Gasteiger charge is 2.29. The summed E-state index contributed by atoms with van der Waals surface area (Å²) < 4.78 is 7.62. The fourth-order valence-electron chi connectivity index (χ4n) is 5.24. The smallest absolute Gasteiger partial charge is 0.255 e. The third-order valence-corrected chi connectivity index (χ3v) is 7.73. The second kappa shape index (κ2) is 12.4. The van der Waals surface area contributed by atoms with E-state index in [1.807, 2.05) is 86.0 Å². The Morgan fingerprint density at radius 2 is 1.57 bits per heavy atom. The SMILES string of the molecule is Cn1cc(-c2cnc(N)c(C(=O)N[C@@H]3CCN(C(=O)c4ccc(-c5ccc(Oc6ccc(CN)cc6)cc5)cc4)C3)c2)cn1. The quantitative estimate of drug-likeness (QED) is 0.240. The number of anilines is 1. The predicted molar refractivity (Wildman–Crippen MR) is 169 cm³/mol. The summed E-state index contributed by atoms with van der Waals surface area (Å²) >= 11 is 0. The third kappa shape index (κ3) is 6.30. The van der Waals surface area contributed by atoms with Crippen molar-refractivity contribution in [3.05, 3.63) is 114 Å². The maximum absolute atomic E-state index is 13.3. The molecule has 1 atom stereocenters. The van der Waals surface area contributed by atoms with Gasteiger partial charge in [-0.2, -0.15) is 5.10 Å². The maximum Gasteiger partial charge on any atom is 0.255 e. The van der Waals surface area contributed by atoms with E-state index in [4.69, 9.17) is 16.2 Å². The van der Waals surface area contributed by atoms with Crippen LogP contribution in [0.2, 0.25) is 0 Å². The Morgan fingerprint density at radius 3 is 2.20 bits per heavy atom. The van der Waals surface area contributed by atoms with Crippen molar-refractivity contribution in [1.82, 2.24) is 25.0 Å². The normalized spacial score (nSPS) is 14.4. The van der Waals surface area contributed by atoms with Gasteiger partial charge in [-0.25, -0.2) is 4.98 Å². The van der Waals surface area contributed by atoms with Gasteiger partial charge < -0.3 is 26.4 Å². The minimum Gasteiger partial charge on any atom is -0.457 e. The Hall–Kier alpha value is -5.48. The van der Waals surface area contributed by atoms with Crippen molar-refractivity contribution >= 4 is 17.6 Å². The average Bonchev–Trinajstić information content (AvgIpc) is 3.71. The monoisotopic (exact) mass is 587 g/mol. The molecule has 222 valence electrons. The van der Waals surface area contributed by atoms with Crippen LogP contribution in [-0.2, 0) is 13.6 Å². The van der Waals surface area contributed by atoms with E-state index in [9.17, 15) is 9.59 Å². The van der Waals surface area contributed by atoms with E-state index >= 15 is 0 Å². The van der Waals surface area contributed by atoms with Crippen LogP contribution in [0.1, 0.15) is 32.7 Å².